The third-order valence-electron chi connectivity index (χ3n) is 6.13. The van der Waals surface area contributed by atoms with Crippen molar-refractivity contribution in [3.8, 4) is 0 Å². The highest BCUT2D eigenvalue weighted by Gasteiger charge is 2.51. The van der Waals surface area contributed by atoms with E-state index in [1.165, 1.54) is 36.0 Å². The maximum absolute atomic E-state index is 12.0. The number of alkyl halides is 1. The molecule has 1 N–H and O–H groups in total. The fourth-order valence-corrected chi connectivity index (χ4v) is 4.11. The zero-order valence-electron chi connectivity index (χ0n) is 29.7. The molecule has 2 aliphatic heterocycles. The summed E-state index contributed by atoms with van der Waals surface area (Å²) in [7, 11) is 4.01. The number of rotatable bonds is 6. The van der Waals surface area contributed by atoms with Crippen molar-refractivity contribution < 1.29 is 55.1 Å². The van der Waals surface area contributed by atoms with Crippen LogP contribution in [-0.2, 0) is 38.1 Å². The minimum absolute atomic E-state index is 0. The van der Waals surface area contributed by atoms with Crippen LogP contribution in [0.5, 0.6) is 0 Å². The lowest BCUT2D eigenvalue weighted by molar-refractivity contribution is -0.156. The molecule has 2 unspecified atom stereocenters. The summed E-state index contributed by atoms with van der Waals surface area (Å²) in [4.78, 5) is 75.3. The van der Waals surface area contributed by atoms with Crippen LogP contribution in [-0.4, -0.2) is 126 Å². The number of carbonyl (C=O) groups is 6. The van der Waals surface area contributed by atoms with Gasteiger partial charge in [0.1, 0.15) is 11.2 Å². The number of amides is 4. The van der Waals surface area contributed by atoms with Gasteiger partial charge in [-0.2, -0.15) is 0 Å². The smallest absolute Gasteiger partial charge is 0.410 e. The van der Waals surface area contributed by atoms with E-state index < -0.39 is 46.4 Å². The Hall–Kier alpha value is -2.85. The zero-order valence-corrected chi connectivity index (χ0v) is 27.9. The summed E-state index contributed by atoms with van der Waals surface area (Å²) in [5, 5.41) is 2.45. The van der Waals surface area contributed by atoms with E-state index in [-0.39, 0.29) is 21.9 Å². The fourth-order valence-electron chi connectivity index (χ4n) is 4.11. The molecule has 42 heavy (non-hydrogen) atoms. The Labute approximate surface area is 270 Å². The second-order valence-electron chi connectivity index (χ2n) is 11.4. The number of nitrogens with zero attached hydrogens (tertiary/aromatic N) is 3. The monoisotopic (exact) mass is 732 g/mol. The largest absolute Gasteiger partial charge is 0.467 e. The van der Waals surface area contributed by atoms with E-state index in [0.29, 0.717) is 38.8 Å². The SMILES string of the molecule is C.CI.COC(=O)C1(N(C)C=O)CCN(C(=O)OC(C)(C)C)C1.COC(=O)C1(NC=O)CCN(C(=O)OC(C)(C)C)C1.[3HH].[3H][3H].[3H][3H]. The predicted molar refractivity (Wildman–Crippen MR) is 170 cm³/mol. The number of ether oxygens (including phenoxy) is 4. The van der Waals surface area contributed by atoms with Crippen molar-refractivity contribution in [3.05, 3.63) is 0 Å². The molecule has 0 aromatic heterocycles. The Bertz CT molecular complexity index is 960. The van der Waals surface area contributed by atoms with E-state index in [9.17, 15) is 28.8 Å². The molecule has 0 spiro atoms. The molecule has 2 heterocycles. The van der Waals surface area contributed by atoms with Crippen molar-refractivity contribution in [2.24, 2.45) is 0 Å². The summed E-state index contributed by atoms with van der Waals surface area (Å²) >= 11 is 2.15. The molecule has 0 saturated carbocycles. The van der Waals surface area contributed by atoms with Crippen LogP contribution in [0.25, 0.3) is 0 Å². The van der Waals surface area contributed by atoms with Crippen LogP contribution < -0.4 is 5.32 Å². The number of methoxy groups -OCH3 is 2. The topological polar surface area (TPSA) is 161 Å². The lowest BCUT2D eigenvalue weighted by atomic mass is 9.97. The van der Waals surface area contributed by atoms with Crippen molar-refractivity contribution >= 4 is 59.5 Å². The molecule has 4 amide bonds. The van der Waals surface area contributed by atoms with E-state index in [0.717, 1.165) is 0 Å². The average molecular weight is 733 g/mol. The highest BCUT2D eigenvalue weighted by molar-refractivity contribution is 14.1. The Balaban J connectivity index is -0.000000208. The van der Waals surface area contributed by atoms with E-state index in [1.807, 2.05) is 4.93 Å². The summed E-state index contributed by atoms with van der Waals surface area (Å²) in [6, 6.07) is 0. The second-order valence-corrected chi connectivity index (χ2v) is 11.4. The molecule has 15 heteroatoms. The molecule has 2 rings (SSSR count). The molecule has 0 aromatic carbocycles. The minimum atomic E-state index is -1.17. The molecule has 0 aliphatic carbocycles. The van der Waals surface area contributed by atoms with Crippen molar-refractivity contribution in [3.63, 3.8) is 0 Å². The number of hydrogen-bond donors (Lipinski definition) is 1. The molecule has 250 valence electrons. The van der Waals surface area contributed by atoms with Gasteiger partial charge in [-0.25, -0.2) is 19.2 Å². The van der Waals surface area contributed by atoms with Gasteiger partial charge in [-0.05, 0) is 46.5 Å². The van der Waals surface area contributed by atoms with Gasteiger partial charge >= 0.3 is 24.1 Å². The molecule has 0 aromatic rings. The first-order valence-electron chi connectivity index (χ1n) is 14.8. The Morgan fingerprint density at radius 3 is 1.67 bits per heavy atom. The van der Waals surface area contributed by atoms with Crippen molar-refractivity contribution in [2.75, 3.05) is 52.4 Å². The third kappa shape index (κ3) is 11.4. The van der Waals surface area contributed by atoms with E-state index >= 15 is 0 Å². The van der Waals surface area contributed by atoms with E-state index in [2.05, 4.69) is 32.6 Å². The summed E-state index contributed by atoms with van der Waals surface area (Å²) in [6.45, 7) is 11.4. The predicted octanol–water partition coefficient (Wildman–Crippen LogP) is 3.34. The van der Waals surface area contributed by atoms with Gasteiger partial charge in [0.15, 0.2) is 11.1 Å². The molecule has 2 atom stereocenters. The van der Waals surface area contributed by atoms with Gasteiger partial charge in [-0.3, -0.25) is 9.59 Å². The maximum Gasteiger partial charge on any atom is 0.410 e. The summed E-state index contributed by atoms with van der Waals surface area (Å²) in [5.41, 5.74) is -3.52. The third-order valence-corrected chi connectivity index (χ3v) is 6.13. The number of halogens is 1. The molecular weight excluding hydrogens is 667 g/mol. The average Bonchev–Trinajstić information content (AvgIpc) is 3.65. The maximum atomic E-state index is 12.0. The van der Waals surface area contributed by atoms with Gasteiger partial charge in [0, 0.05) is 40.3 Å². The van der Waals surface area contributed by atoms with E-state index in [4.69, 9.17) is 20.1 Å². The molecular formula is C27H55IN4O10. The molecule has 0 radical (unpaired) electrons. The van der Waals surface area contributed by atoms with Crippen molar-refractivity contribution in [1.82, 2.24) is 20.0 Å². The first-order chi connectivity index (χ1) is 20.9. The molecule has 14 nitrogen and oxygen atoms in total. The van der Waals surface area contributed by atoms with Crippen LogP contribution >= 0.6 is 22.6 Å². The fraction of sp³-hybridized carbons (Fsp3) is 0.778. The van der Waals surface area contributed by atoms with Crippen LogP contribution in [0.15, 0.2) is 0 Å². The van der Waals surface area contributed by atoms with Crippen LogP contribution in [0.2, 0.25) is 0 Å². The van der Waals surface area contributed by atoms with Crippen LogP contribution in [0.3, 0.4) is 0 Å². The highest BCUT2D eigenvalue weighted by atomic mass is 127. The minimum Gasteiger partial charge on any atom is -0.467 e. The Morgan fingerprint density at radius 2 is 1.29 bits per heavy atom. The quantitative estimate of drug-likeness (QED) is 0.141. The molecule has 2 saturated heterocycles. The highest BCUT2D eigenvalue weighted by Crippen LogP contribution is 2.29. The van der Waals surface area contributed by atoms with E-state index in [1.54, 1.807) is 41.5 Å². The molecule has 0 bridgehead atoms. The van der Waals surface area contributed by atoms with Gasteiger partial charge in [0.2, 0.25) is 12.8 Å². The second kappa shape index (κ2) is 17.3. The zero-order chi connectivity index (χ0) is 36.2. The van der Waals surface area contributed by atoms with Crippen molar-refractivity contribution in [1.29, 1.82) is 0 Å². The summed E-state index contributed by atoms with van der Waals surface area (Å²) in [6.07, 6.45) is 0.630. The van der Waals surface area contributed by atoms with Crippen LogP contribution in [0.1, 0.15) is 69.2 Å². The Morgan fingerprint density at radius 1 is 0.857 bits per heavy atom. The van der Waals surface area contributed by atoms with Gasteiger partial charge in [0.25, 0.3) is 0 Å². The number of likely N-dealkylation sites (N-methyl/N-ethyl adjacent to an activating group) is 1. The number of esters is 2. The van der Waals surface area contributed by atoms with Crippen LogP contribution in [0.4, 0.5) is 9.59 Å². The summed E-state index contributed by atoms with van der Waals surface area (Å²) < 4.78 is 39.9. The number of nitrogens with one attached hydrogen (secondary N) is 1. The number of hydrogen-bond acceptors (Lipinski definition) is 10. The first kappa shape index (κ1) is 37.2. The molecule has 2 aliphatic rings. The van der Waals surface area contributed by atoms with Gasteiger partial charge < -0.3 is 39.0 Å². The number of likely N-dealkylation sites (tertiary alicyclic amines) is 2. The van der Waals surface area contributed by atoms with Crippen LogP contribution in [0, 0.1) is 0 Å². The molecule has 2 fully saturated rings. The van der Waals surface area contributed by atoms with Gasteiger partial charge in [-0.15, -0.1) is 0 Å². The lowest BCUT2D eigenvalue weighted by Crippen LogP contribution is -2.55. The first-order valence-corrected chi connectivity index (χ1v) is 15.0. The normalized spacial score (nSPS) is 21.5. The van der Waals surface area contributed by atoms with Gasteiger partial charge in [0.05, 0.1) is 27.3 Å². The number of carbonyl (C=O) groups excluding carboxylic acids is 6. The Kier molecular flexibility index (Phi) is 15.3. The summed E-state index contributed by atoms with van der Waals surface area (Å²) in [5.74, 6) is -1.09. The standard InChI is InChI=1S/C13H22N2O5.C12H20N2O5.CH3I.CH4.3H2/c1-12(2,3)20-11(18)15-7-6-13(8-15,10(17)19-5)14(4)9-16;1-11(2,3)19-10(17)14-6-5-12(7-14,13-8-15)9(16)18-4;1-2;;;;/h9H,6-8H2,1-5H3;8H,5-7H2,1-4H3,(H,13,15);1H3;1H4;3*1H/i;;;;2*1+2T;1+2. The van der Waals surface area contributed by atoms with Gasteiger partial charge in [-0.1, -0.05) is 30.0 Å². The van der Waals surface area contributed by atoms with Crippen molar-refractivity contribution in [2.45, 2.75) is 84.1 Å². The lowest BCUT2D eigenvalue weighted by Gasteiger charge is -2.33.